The number of amides is 1. The van der Waals surface area contributed by atoms with Gasteiger partial charge in [-0.2, -0.15) is 0 Å². The van der Waals surface area contributed by atoms with Crippen LogP contribution in [-0.2, 0) is 19.1 Å². The third-order valence-corrected chi connectivity index (χ3v) is 3.21. The number of esters is 1. The molecule has 1 saturated heterocycles. The molecule has 0 spiro atoms. The zero-order chi connectivity index (χ0) is 15.7. The number of piperazine rings is 1. The van der Waals surface area contributed by atoms with E-state index < -0.39 is 0 Å². The van der Waals surface area contributed by atoms with Gasteiger partial charge in [0, 0.05) is 32.6 Å². The minimum Gasteiger partial charge on any atom is -0.466 e. The van der Waals surface area contributed by atoms with Gasteiger partial charge in [0.25, 0.3) is 0 Å². The molecule has 1 heterocycles. The van der Waals surface area contributed by atoms with Gasteiger partial charge >= 0.3 is 12.1 Å². The fraction of sp³-hybridized carbons (Fsp3) is 0.786. The number of Topliss-reactive ketones (excluding diaryl/α,β-unsaturated/α-hetero) is 1. The average molecular weight is 300 g/mol. The molecule has 21 heavy (non-hydrogen) atoms. The van der Waals surface area contributed by atoms with Crippen molar-refractivity contribution in [3.8, 4) is 0 Å². The molecule has 0 aromatic rings. The third kappa shape index (κ3) is 6.57. The highest BCUT2D eigenvalue weighted by molar-refractivity contribution is 5.84. The number of carbonyl (C=O) groups excluding carboxylic acids is 3. The molecule has 0 saturated carbocycles. The third-order valence-electron chi connectivity index (χ3n) is 3.21. The summed E-state index contributed by atoms with van der Waals surface area (Å²) >= 11 is 0. The van der Waals surface area contributed by atoms with E-state index in [4.69, 9.17) is 9.47 Å². The molecule has 0 aromatic carbocycles. The Morgan fingerprint density at radius 1 is 0.905 bits per heavy atom. The Morgan fingerprint density at radius 2 is 1.52 bits per heavy atom. The first-order chi connectivity index (χ1) is 10.1. The quantitative estimate of drug-likeness (QED) is 0.643. The highest BCUT2D eigenvalue weighted by Gasteiger charge is 2.23. The number of ketones is 1. The van der Waals surface area contributed by atoms with Gasteiger partial charge in [0.05, 0.1) is 26.2 Å². The van der Waals surface area contributed by atoms with Crippen molar-refractivity contribution in [1.29, 1.82) is 0 Å². The molecule has 0 aromatic heterocycles. The van der Waals surface area contributed by atoms with Crippen molar-refractivity contribution in [3.05, 3.63) is 0 Å². The van der Waals surface area contributed by atoms with E-state index in [2.05, 4.69) is 0 Å². The second-order valence-corrected chi connectivity index (χ2v) is 4.81. The number of rotatable bonds is 7. The molecule has 0 aliphatic carbocycles. The standard InChI is InChI=1S/C14H24N2O5/c1-3-20-13(18)6-5-12(17)11-15-7-9-16(10-8-15)14(19)21-4-2/h3-11H2,1-2H3. The van der Waals surface area contributed by atoms with Crippen LogP contribution in [0.15, 0.2) is 0 Å². The van der Waals surface area contributed by atoms with E-state index in [0.717, 1.165) is 0 Å². The summed E-state index contributed by atoms with van der Waals surface area (Å²) in [6.45, 7) is 6.94. The predicted octanol–water partition coefficient (Wildman–Crippen LogP) is 0.673. The van der Waals surface area contributed by atoms with Crippen molar-refractivity contribution < 1.29 is 23.9 Å². The summed E-state index contributed by atoms with van der Waals surface area (Å²) in [6, 6.07) is 0. The number of hydrogen-bond acceptors (Lipinski definition) is 6. The summed E-state index contributed by atoms with van der Waals surface area (Å²) in [5.41, 5.74) is 0. The Morgan fingerprint density at radius 3 is 2.10 bits per heavy atom. The molecular formula is C14H24N2O5. The van der Waals surface area contributed by atoms with E-state index >= 15 is 0 Å². The molecule has 7 nitrogen and oxygen atoms in total. The fourth-order valence-corrected chi connectivity index (χ4v) is 2.11. The lowest BCUT2D eigenvalue weighted by molar-refractivity contribution is -0.144. The summed E-state index contributed by atoms with van der Waals surface area (Å²) in [5, 5.41) is 0. The van der Waals surface area contributed by atoms with Crippen LogP contribution in [0.4, 0.5) is 4.79 Å². The Bertz CT molecular complexity index is 364. The van der Waals surface area contributed by atoms with Crippen LogP contribution in [0.2, 0.25) is 0 Å². The molecule has 1 amide bonds. The molecule has 1 fully saturated rings. The maximum absolute atomic E-state index is 11.8. The van der Waals surface area contributed by atoms with Crippen molar-refractivity contribution in [1.82, 2.24) is 9.80 Å². The average Bonchev–Trinajstić information content (AvgIpc) is 2.46. The predicted molar refractivity (Wildman–Crippen MR) is 75.9 cm³/mol. The molecule has 1 rings (SSSR count). The molecule has 120 valence electrons. The molecule has 7 heteroatoms. The van der Waals surface area contributed by atoms with Crippen molar-refractivity contribution in [2.24, 2.45) is 0 Å². The normalized spacial score (nSPS) is 15.6. The molecule has 0 radical (unpaired) electrons. The van der Waals surface area contributed by atoms with Gasteiger partial charge in [0.2, 0.25) is 0 Å². The van der Waals surface area contributed by atoms with Crippen molar-refractivity contribution in [3.63, 3.8) is 0 Å². The first kappa shape index (κ1) is 17.4. The van der Waals surface area contributed by atoms with E-state index in [1.54, 1.807) is 18.7 Å². The first-order valence-electron chi connectivity index (χ1n) is 7.38. The lowest BCUT2D eigenvalue weighted by Gasteiger charge is -2.33. The maximum atomic E-state index is 11.8. The van der Waals surface area contributed by atoms with E-state index in [-0.39, 0.29) is 30.7 Å². The monoisotopic (exact) mass is 300 g/mol. The fourth-order valence-electron chi connectivity index (χ4n) is 2.11. The minimum absolute atomic E-state index is 0.0210. The van der Waals surface area contributed by atoms with Crippen LogP contribution in [0.5, 0.6) is 0 Å². The summed E-state index contributed by atoms with van der Waals surface area (Å²) in [6.07, 6.45) is 0.0395. The number of carbonyl (C=O) groups is 3. The lowest BCUT2D eigenvalue weighted by atomic mass is 10.2. The summed E-state index contributed by atoms with van der Waals surface area (Å²) in [7, 11) is 0. The Balaban J connectivity index is 2.21. The highest BCUT2D eigenvalue weighted by atomic mass is 16.6. The van der Waals surface area contributed by atoms with Crippen LogP contribution in [0.1, 0.15) is 26.7 Å². The van der Waals surface area contributed by atoms with Gasteiger partial charge in [0.1, 0.15) is 5.78 Å². The van der Waals surface area contributed by atoms with Crippen LogP contribution in [0.25, 0.3) is 0 Å². The Kier molecular flexibility index (Phi) is 7.74. The van der Waals surface area contributed by atoms with Gasteiger partial charge in [-0.25, -0.2) is 4.79 Å². The lowest BCUT2D eigenvalue weighted by Crippen LogP contribution is -2.50. The number of nitrogens with zero attached hydrogens (tertiary/aromatic N) is 2. The van der Waals surface area contributed by atoms with Crippen molar-refractivity contribution >= 4 is 17.8 Å². The zero-order valence-electron chi connectivity index (χ0n) is 12.8. The van der Waals surface area contributed by atoms with Crippen molar-refractivity contribution in [2.45, 2.75) is 26.7 Å². The van der Waals surface area contributed by atoms with Crippen molar-refractivity contribution in [2.75, 3.05) is 45.9 Å². The van der Waals surface area contributed by atoms with Crippen LogP contribution >= 0.6 is 0 Å². The molecule has 1 aliphatic heterocycles. The topological polar surface area (TPSA) is 76.2 Å². The van der Waals surface area contributed by atoms with Crippen LogP contribution in [0.3, 0.4) is 0 Å². The molecule has 0 atom stereocenters. The summed E-state index contributed by atoms with van der Waals surface area (Å²) < 4.78 is 9.72. The number of ether oxygens (including phenoxy) is 2. The van der Waals surface area contributed by atoms with Gasteiger partial charge < -0.3 is 14.4 Å². The molecular weight excluding hydrogens is 276 g/mol. The summed E-state index contributed by atoms with van der Waals surface area (Å²) in [4.78, 5) is 38.1. The summed E-state index contributed by atoms with van der Waals surface area (Å²) in [5.74, 6) is -0.314. The molecule has 0 bridgehead atoms. The largest absolute Gasteiger partial charge is 0.466 e. The molecule has 0 N–H and O–H groups in total. The molecule has 1 aliphatic rings. The zero-order valence-corrected chi connectivity index (χ0v) is 12.8. The van der Waals surface area contributed by atoms with E-state index in [1.807, 2.05) is 4.90 Å². The maximum Gasteiger partial charge on any atom is 0.409 e. The number of hydrogen-bond donors (Lipinski definition) is 0. The van der Waals surface area contributed by atoms with Crippen LogP contribution in [-0.4, -0.2) is 73.6 Å². The Hall–Kier alpha value is -1.63. The second-order valence-electron chi connectivity index (χ2n) is 4.81. The van der Waals surface area contributed by atoms with Gasteiger partial charge in [-0.05, 0) is 13.8 Å². The van der Waals surface area contributed by atoms with E-state index in [0.29, 0.717) is 45.9 Å². The Labute approximate surface area is 125 Å². The van der Waals surface area contributed by atoms with Crippen LogP contribution < -0.4 is 0 Å². The van der Waals surface area contributed by atoms with Gasteiger partial charge in [-0.1, -0.05) is 0 Å². The van der Waals surface area contributed by atoms with Crippen LogP contribution in [0, 0.1) is 0 Å². The van der Waals surface area contributed by atoms with Gasteiger partial charge in [-0.3, -0.25) is 14.5 Å². The highest BCUT2D eigenvalue weighted by Crippen LogP contribution is 2.05. The van der Waals surface area contributed by atoms with Gasteiger partial charge in [-0.15, -0.1) is 0 Å². The minimum atomic E-state index is -0.335. The molecule has 0 unspecified atom stereocenters. The van der Waals surface area contributed by atoms with Gasteiger partial charge in [0.15, 0.2) is 0 Å². The van der Waals surface area contributed by atoms with E-state index in [1.165, 1.54) is 0 Å². The SMILES string of the molecule is CCOC(=O)CCC(=O)CN1CCN(C(=O)OCC)CC1. The smallest absolute Gasteiger partial charge is 0.409 e. The second kappa shape index (κ2) is 9.33. The first-order valence-corrected chi connectivity index (χ1v) is 7.38. The van der Waals surface area contributed by atoms with E-state index in [9.17, 15) is 14.4 Å².